The molecule has 166 valence electrons. The van der Waals surface area contributed by atoms with Crippen LogP contribution >= 0.6 is 0 Å². The zero-order valence-corrected chi connectivity index (χ0v) is 18.9. The van der Waals surface area contributed by atoms with Crippen LogP contribution in [-0.2, 0) is 21.4 Å². The molecule has 0 fully saturated rings. The van der Waals surface area contributed by atoms with Gasteiger partial charge in [-0.1, -0.05) is 48.5 Å². The summed E-state index contributed by atoms with van der Waals surface area (Å²) in [6.07, 6.45) is 3.68. The number of amides is 1. The largest absolute Gasteiger partial charge is 0.321 e. The van der Waals surface area contributed by atoms with Gasteiger partial charge in [-0.15, -0.1) is 0 Å². The minimum Gasteiger partial charge on any atom is -0.321 e. The summed E-state index contributed by atoms with van der Waals surface area (Å²) in [5, 5.41) is 2.77. The minimum absolute atomic E-state index is 0.0710. The van der Waals surface area contributed by atoms with Crippen molar-refractivity contribution in [1.82, 2.24) is 0 Å². The van der Waals surface area contributed by atoms with Crippen LogP contribution in [0.2, 0.25) is 0 Å². The van der Waals surface area contributed by atoms with Crippen LogP contribution in [0.3, 0.4) is 0 Å². The molecule has 1 aromatic heterocycles. The van der Waals surface area contributed by atoms with E-state index >= 15 is 0 Å². The SMILES string of the molecule is Cc1cccc(NS(=O)(=O)c2cccc(NC(=O)C[n+]3ccc(-c4ccccc4)cc3)c2)c1. The molecule has 1 heterocycles. The lowest BCUT2D eigenvalue weighted by Gasteiger charge is -2.10. The standard InChI is InChI=1S/C26H23N3O3S/c1-20-7-5-11-24(17-20)28-33(31,32)25-12-6-10-23(18-25)27-26(30)19-29-15-13-22(14-16-29)21-8-3-2-4-9-21/h2-18,28H,19H2,1H3/p+1. The third kappa shape index (κ3) is 5.84. The Morgan fingerprint density at radius 3 is 2.18 bits per heavy atom. The zero-order valence-electron chi connectivity index (χ0n) is 18.1. The summed E-state index contributed by atoms with van der Waals surface area (Å²) in [6.45, 7) is 1.99. The van der Waals surface area contributed by atoms with Gasteiger partial charge in [0.2, 0.25) is 6.54 Å². The maximum absolute atomic E-state index is 12.8. The van der Waals surface area contributed by atoms with Crippen molar-refractivity contribution in [3.8, 4) is 11.1 Å². The molecule has 0 atom stereocenters. The molecule has 0 saturated carbocycles. The van der Waals surface area contributed by atoms with Crippen LogP contribution in [0.4, 0.5) is 11.4 Å². The molecule has 33 heavy (non-hydrogen) atoms. The molecule has 1 amide bonds. The van der Waals surface area contributed by atoms with E-state index in [1.54, 1.807) is 34.9 Å². The molecule has 7 heteroatoms. The Balaban J connectivity index is 1.42. The van der Waals surface area contributed by atoms with Crippen LogP contribution in [0.1, 0.15) is 5.56 Å². The molecule has 0 bridgehead atoms. The van der Waals surface area contributed by atoms with Crippen LogP contribution in [0.5, 0.6) is 0 Å². The number of hydrogen-bond acceptors (Lipinski definition) is 3. The zero-order chi connectivity index (χ0) is 23.3. The van der Waals surface area contributed by atoms with Gasteiger partial charge in [-0.2, -0.15) is 4.57 Å². The van der Waals surface area contributed by atoms with E-state index in [4.69, 9.17) is 0 Å². The van der Waals surface area contributed by atoms with Gasteiger partial charge in [-0.25, -0.2) is 8.42 Å². The summed E-state index contributed by atoms with van der Waals surface area (Å²) in [7, 11) is -3.78. The molecule has 0 unspecified atom stereocenters. The first-order valence-electron chi connectivity index (χ1n) is 10.4. The molecule has 0 radical (unpaired) electrons. The van der Waals surface area contributed by atoms with Crippen molar-refractivity contribution in [2.45, 2.75) is 18.4 Å². The van der Waals surface area contributed by atoms with Crippen molar-refractivity contribution in [3.05, 3.63) is 109 Å². The first-order chi connectivity index (χ1) is 15.9. The molecular formula is C26H24N3O3S+. The average molecular weight is 459 g/mol. The fraction of sp³-hybridized carbons (Fsp3) is 0.0769. The van der Waals surface area contributed by atoms with E-state index in [-0.39, 0.29) is 17.3 Å². The number of anilines is 2. The predicted octanol–water partition coefficient (Wildman–Crippen LogP) is 4.39. The van der Waals surface area contributed by atoms with E-state index in [9.17, 15) is 13.2 Å². The number of carbonyl (C=O) groups is 1. The van der Waals surface area contributed by atoms with Crippen molar-refractivity contribution < 1.29 is 17.8 Å². The van der Waals surface area contributed by atoms with Gasteiger partial charge in [0.05, 0.1) is 4.90 Å². The highest BCUT2D eigenvalue weighted by Crippen LogP contribution is 2.20. The first kappa shape index (κ1) is 22.2. The van der Waals surface area contributed by atoms with Gasteiger partial charge in [-0.05, 0) is 53.9 Å². The molecule has 2 N–H and O–H groups in total. The monoisotopic (exact) mass is 458 g/mol. The van der Waals surface area contributed by atoms with E-state index in [0.29, 0.717) is 11.4 Å². The Morgan fingerprint density at radius 1 is 0.788 bits per heavy atom. The van der Waals surface area contributed by atoms with Gasteiger partial charge in [0, 0.05) is 23.5 Å². The van der Waals surface area contributed by atoms with Crippen molar-refractivity contribution >= 4 is 27.3 Å². The number of benzene rings is 3. The second kappa shape index (κ2) is 9.67. The highest BCUT2D eigenvalue weighted by atomic mass is 32.2. The van der Waals surface area contributed by atoms with Crippen molar-refractivity contribution in [2.75, 3.05) is 10.0 Å². The lowest BCUT2D eigenvalue weighted by Crippen LogP contribution is -2.39. The molecule has 4 rings (SSSR count). The van der Waals surface area contributed by atoms with Gasteiger partial charge >= 0.3 is 0 Å². The Morgan fingerprint density at radius 2 is 1.45 bits per heavy atom. The molecule has 3 aromatic carbocycles. The summed E-state index contributed by atoms with van der Waals surface area (Å²) < 4.78 is 29.9. The average Bonchev–Trinajstić information content (AvgIpc) is 2.80. The van der Waals surface area contributed by atoms with Crippen LogP contribution in [0, 0.1) is 6.92 Å². The Hall–Kier alpha value is -3.97. The van der Waals surface area contributed by atoms with E-state index in [2.05, 4.69) is 10.0 Å². The highest BCUT2D eigenvalue weighted by molar-refractivity contribution is 7.92. The van der Waals surface area contributed by atoms with Crippen LogP contribution in [0.25, 0.3) is 11.1 Å². The van der Waals surface area contributed by atoms with Crippen molar-refractivity contribution in [3.63, 3.8) is 0 Å². The lowest BCUT2D eigenvalue weighted by molar-refractivity contribution is -0.684. The molecule has 6 nitrogen and oxygen atoms in total. The van der Waals surface area contributed by atoms with Gasteiger partial charge < -0.3 is 5.32 Å². The fourth-order valence-electron chi connectivity index (χ4n) is 3.42. The maximum atomic E-state index is 12.8. The Bertz CT molecular complexity index is 1370. The van der Waals surface area contributed by atoms with Gasteiger partial charge in [-0.3, -0.25) is 9.52 Å². The molecule has 0 aliphatic heterocycles. The molecule has 4 aromatic rings. The molecular weight excluding hydrogens is 434 g/mol. The first-order valence-corrected chi connectivity index (χ1v) is 11.9. The lowest BCUT2D eigenvalue weighted by atomic mass is 10.1. The number of nitrogens with one attached hydrogen (secondary N) is 2. The van der Waals surface area contributed by atoms with Crippen LogP contribution < -0.4 is 14.6 Å². The number of aryl methyl sites for hydroxylation is 1. The third-order valence-electron chi connectivity index (χ3n) is 5.02. The number of hydrogen-bond donors (Lipinski definition) is 2. The number of rotatable bonds is 7. The highest BCUT2D eigenvalue weighted by Gasteiger charge is 2.16. The van der Waals surface area contributed by atoms with E-state index in [0.717, 1.165) is 16.7 Å². The summed E-state index contributed by atoms with van der Waals surface area (Å²) in [5.41, 5.74) is 4.01. The number of nitrogens with zero attached hydrogens (tertiary/aromatic N) is 1. The summed E-state index contributed by atoms with van der Waals surface area (Å²) in [6, 6.07) is 27.2. The number of carbonyl (C=O) groups excluding carboxylic acids is 1. The fourth-order valence-corrected chi connectivity index (χ4v) is 4.51. The normalized spacial score (nSPS) is 11.1. The van der Waals surface area contributed by atoms with Crippen molar-refractivity contribution in [2.24, 2.45) is 0 Å². The quantitative estimate of drug-likeness (QED) is 0.403. The number of sulfonamides is 1. The molecule has 0 aliphatic rings. The topological polar surface area (TPSA) is 79.2 Å². The van der Waals surface area contributed by atoms with E-state index in [1.807, 2.05) is 67.8 Å². The Labute approximate surface area is 193 Å². The molecule has 0 spiro atoms. The van der Waals surface area contributed by atoms with Gasteiger partial charge in [0.15, 0.2) is 12.4 Å². The predicted molar refractivity (Wildman–Crippen MR) is 129 cm³/mol. The molecule has 0 aliphatic carbocycles. The van der Waals surface area contributed by atoms with Gasteiger partial charge in [0.1, 0.15) is 0 Å². The maximum Gasteiger partial charge on any atom is 0.290 e. The summed E-state index contributed by atoms with van der Waals surface area (Å²) in [4.78, 5) is 12.6. The Kier molecular flexibility index (Phi) is 6.51. The second-order valence-electron chi connectivity index (χ2n) is 7.68. The van der Waals surface area contributed by atoms with Crippen LogP contribution in [0.15, 0.2) is 108 Å². The van der Waals surface area contributed by atoms with Gasteiger partial charge in [0.25, 0.3) is 15.9 Å². The summed E-state index contributed by atoms with van der Waals surface area (Å²) in [5.74, 6) is -0.256. The van der Waals surface area contributed by atoms with Crippen molar-refractivity contribution in [1.29, 1.82) is 0 Å². The van der Waals surface area contributed by atoms with E-state index in [1.165, 1.54) is 12.1 Å². The minimum atomic E-state index is -3.78. The van der Waals surface area contributed by atoms with Crippen LogP contribution in [-0.4, -0.2) is 14.3 Å². The smallest absolute Gasteiger partial charge is 0.290 e. The van der Waals surface area contributed by atoms with E-state index < -0.39 is 10.0 Å². The molecule has 0 saturated heterocycles. The number of pyridine rings is 1. The second-order valence-corrected chi connectivity index (χ2v) is 9.36. The number of aromatic nitrogens is 1. The third-order valence-corrected chi connectivity index (χ3v) is 6.40. The summed E-state index contributed by atoms with van der Waals surface area (Å²) >= 11 is 0.